The van der Waals surface area contributed by atoms with Gasteiger partial charge in [-0.2, -0.15) is 0 Å². The summed E-state index contributed by atoms with van der Waals surface area (Å²) in [6.45, 7) is 0. The van der Waals surface area contributed by atoms with Crippen molar-refractivity contribution in [3.05, 3.63) is 11.1 Å². The Kier molecular flexibility index (Phi) is 2.90. The predicted octanol–water partition coefficient (Wildman–Crippen LogP) is 3.13. The summed E-state index contributed by atoms with van der Waals surface area (Å²) in [4.78, 5) is 10.3. The number of carboxylic acid groups (broad SMARTS) is 1. The molecule has 2 fully saturated rings. The lowest BCUT2D eigenvalue weighted by molar-refractivity contribution is -0.137. The van der Waals surface area contributed by atoms with Crippen LogP contribution in [0.4, 0.5) is 0 Å². The third kappa shape index (κ3) is 2.86. The highest BCUT2D eigenvalue weighted by atomic mass is 16.4. The maximum Gasteiger partial charge on any atom is 0.303 e. The maximum atomic E-state index is 10.3. The van der Waals surface area contributed by atoms with Crippen molar-refractivity contribution in [2.45, 2.75) is 51.4 Å². The third-order valence-electron chi connectivity index (χ3n) is 3.20. The van der Waals surface area contributed by atoms with Gasteiger partial charge in [0.25, 0.3) is 0 Å². The van der Waals surface area contributed by atoms with Crippen molar-refractivity contribution >= 4 is 5.97 Å². The molecule has 0 aliphatic heterocycles. The van der Waals surface area contributed by atoms with Gasteiger partial charge in [-0.3, -0.25) is 4.79 Å². The van der Waals surface area contributed by atoms with E-state index in [9.17, 15) is 4.79 Å². The van der Waals surface area contributed by atoms with Crippen LogP contribution < -0.4 is 0 Å². The van der Waals surface area contributed by atoms with Crippen LogP contribution in [0, 0.1) is 5.92 Å². The van der Waals surface area contributed by atoms with E-state index >= 15 is 0 Å². The molecule has 0 amide bonds. The Balaban J connectivity index is 1.48. The average Bonchev–Trinajstić information content (AvgIpc) is 2.97. The molecular weight excluding hydrogens is 176 g/mol. The summed E-state index contributed by atoms with van der Waals surface area (Å²) in [6.07, 6.45) is 8.90. The van der Waals surface area contributed by atoms with Crippen molar-refractivity contribution in [1.82, 2.24) is 0 Å². The molecule has 1 atom stereocenters. The molecule has 14 heavy (non-hydrogen) atoms. The number of unbranched alkanes of at least 4 members (excludes halogenated alkanes) is 2. The molecule has 1 unspecified atom stereocenters. The van der Waals surface area contributed by atoms with Gasteiger partial charge in [0.05, 0.1) is 0 Å². The summed E-state index contributed by atoms with van der Waals surface area (Å²) in [5.41, 5.74) is 3.49. The van der Waals surface area contributed by atoms with Crippen molar-refractivity contribution in [3.8, 4) is 0 Å². The average molecular weight is 194 g/mol. The molecule has 0 aromatic carbocycles. The summed E-state index contributed by atoms with van der Waals surface area (Å²) in [5, 5.41) is 8.45. The highest BCUT2D eigenvalue weighted by Crippen LogP contribution is 2.50. The van der Waals surface area contributed by atoms with Crippen molar-refractivity contribution in [2.24, 2.45) is 5.92 Å². The first kappa shape index (κ1) is 9.75. The molecule has 0 bridgehead atoms. The van der Waals surface area contributed by atoms with E-state index in [1.54, 1.807) is 11.1 Å². The Bertz CT molecular complexity index is 259. The van der Waals surface area contributed by atoms with Gasteiger partial charge in [0, 0.05) is 6.42 Å². The second-order valence-electron chi connectivity index (χ2n) is 4.52. The van der Waals surface area contributed by atoms with Gasteiger partial charge in [0.1, 0.15) is 0 Å². The number of hydrogen-bond donors (Lipinski definition) is 1. The zero-order chi connectivity index (χ0) is 9.97. The minimum atomic E-state index is -0.655. The monoisotopic (exact) mass is 194 g/mol. The van der Waals surface area contributed by atoms with Crippen LogP contribution in [0.1, 0.15) is 51.4 Å². The van der Waals surface area contributed by atoms with Crippen molar-refractivity contribution < 1.29 is 9.90 Å². The van der Waals surface area contributed by atoms with E-state index in [4.69, 9.17) is 5.11 Å². The van der Waals surface area contributed by atoms with Crippen LogP contribution in [0.25, 0.3) is 0 Å². The van der Waals surface area contributed by atoms with E-state index < -0.39 is 5.97 Å². The minimum absolute atomic E-state index is 0.346. The van der Waals surface area contributed by atoms with Crippen LogP contribution in [-0.2, 0) is 4.79 Å². The van der Waals surface area contributed by atoms with Gasteiger partial charge in [-0.25, -0.2) is 0 Å². The third-order valence-corrected chi connectivity index (χ3v) is 3.20. The van der Waals surface area contributed by atoms with Gasteiger partial charge in [0.15, 0.2) is 0 Å². The van der Waals surface area contributed by atoms with Crippen LogP contribution in [0.15, 0.2) is 11.1 Å². The summed E-state index contributed by atoms with van der Waals surface area (Å²) >= 11 is 0. The molecule has 2 aliphatic rings. The second-order valence-corrected chi connectivity index (χ2v) is 4.52. The fourth-order valence-corrected chi connectivity index (χ4v) is 2.14. The zero-order valence-electron chi connectivity index (χ0n) is 8.59. The Hall–Kier alpha value is -0.790. The highest BCUT2D eigenvalue weighted by molar-refractivity contribution is 5.66. The SMILES string of the molecule is O=C(O)CCCCCC1CC1=C1CC1. The topological polar surface area (TPSA) is 37.3 Å². The van der Waals surface area contributed by atoms with Crippen molar-refractivity contribution in [3.63, 3.8) is 0 Å². The normalized spacial score (nSPS) is 23.9. The number of rotatable bonds is 6. The summed E-state index contributed by atoms with van der Waals surface area (Å²) in [7, 11) is 0. The predicted molar refractivity (Wildman–Crippen MR) is 55.1 cm³/mol. The fourth-order valence-electron chi connectivity index (χ4n) is 2.14. The van der Waals surface area contributed by atoms with Crippen LogP contribution in [0.5, 0.6) is 0 Å². The number of carboxylic acids is 1. The second kappa shape index (κ2) is 4.16. The molecule has 0 radical (unpaired) electrons. The quantitative estimate of drug-likeness (QED) is 0.521. The van der Waals surface area contributed by atoms with Crippen LogP contribution in [-0.4, -0.2) is 11.1 Å². The van der Waals surface area contributed by atoms with Crippen LogP contribution in [0.2, 0.25) is 0 Å². The molecule has 78 valence electrons. The molecule has 0 spiro atoms. The standard InChI is InChI=1S/C12H18O2/c13-12(14)5-3-1-2-4-10-8-11(10)9-6-7-9/h10H,1-8H2,(H,13,14). The molecule has 2 saturated carbocycles. The molecule has 0 heterocycles. The van der Waals surface area contributed by atoms with E-state index in [2.05, 4.69) is 0 Å². The molecule has 0 aromatic heterocycles. The Labute approximate surface area is 85.0 Å². The first-order chi connectivity index (χ1) is 6.77. The lowest BCUT2D eigenvalue weighted by atomic mass is 10.1. The Morgan fingerprint density at radius 3 is 2.71 bits per heavy atom. The van der Waals surface area contributed by atoms with Gasteiger partial charge >= 0.3 is 5.97 Å². The molecule has 0 aromatic rings. The lowest BCUT2D eigenvalue weighted by Crippen LogP contribution is -1.93. The summed E-state index contributed by atoms with van der Waals surface area (Å²) in [5.74, 6) is 0.245. The first-order valence-electron chi connectivity index (χ1n) is 5.70. The van der Waals surface area contributed by atoms with Gasteiger partial charge in [-0.15, -0.1) is 0 Å². The van der Waals surface area contributed by atoms with E-state index in [-0.39, 0.29) is 0 Å². The molecule has 2 nitrogen and oxygen atoms in total. The maximum absolute atomic E-state index is 10.3. The van der Waals surface area contributed by atoms with E-state index in [1.807, 2.05) is 0 Å². The number of carbonyl (C=O) groups is 1. The van der Waals surface area contributed by atoms with Crippen LogP contribution >= 0.6 is 0 Å². The van der Waals surface area contributed by atoms with Gasteiger partial charge < -0.3 is 5.11 Å². The van der Waals surface area contributed by atoms with Gasteiger partial charge in [-0.05, 0) is 38.0 Å². The number of hydrogen-bond acceptors (Lipinski definition) is 1. The largest absolute Gasteiger partial charge is 0.481 e. The van der Waals surface area contributed by atoms with Gasteiger partial charge in [0.2, 0.25) is 0 Å². The smallest absolute Gasteiger partial charge is 0.303 e. The zero-order valence-corrected chi connectivity index (χ0v) is 8.59. The van der Waals surface area contributed by atoms with Crippen molar-refractivity contribution in [2.75, 3.05) is 0 Å². The molecule has 0 saturated heterocycles. The molecular formula is C12H18O2. The van der Waals surface area contributed by atoms with Crippen molar-refractivity contribution in [1.29, 1.82) is 0 Å². The highest BCUT2D eigenvalue weighted by Gasteiger charge is 2.34. The molecule has 2 aliphatic carbocycles. The van der Waals surface area contributed by atoms with Gasteiger partial charge in [-0.1, -0.05) is 24.0 Å². The fraction of sp³-hybridized carbons (Fsp3) is 0.750. The Morgan fingerprint density at radius 1 is 1.29 bits per heavy atom. The lowest BCUT2D eigenvalue weighted by Gasteiger charge is -1.96. The minimum Gasteiger partial charge on any atom is -0.481 e. The van der Waals surface area contributed by atoms with E-state index in [1.165, 1.54) is 32.1 Å². The molecule has 2 rings (SSSR count). The first-order valence-corrected chi connectivity index (χ1v) is 5.70. The summed E-state index contributed by atoms with van der Waals surface area (Å²) in [6, 6.07) is 0. The number of allylic oxidation sites excluding steroid dienone is 2. The van der Waals surface area contributed by atoms with E-state index in [0.29, 0.717) is 6.42 Å². The van der Waals surface area contributed by atoms with Crippen LogP contribution in [0.3, 0.4) is 0 Å². The molecule has 1 N–H and O–H groups in total. The molecule has 2 heteroatoms. The number of aliphatic carboxylic acids is 1. The summed E-state index contributed by atoms with van der Waals surface area (Å²) < 4.78 is 0. The Morgan fingerprint density at radius 2 is 2.07 bits per heavy atom. The van der Waals surface area contributed by atoms with E-state index in [0.717, 1.165) is 18.8 Å².